The molecule has 0 fully saturated rings. The number of carbonyl (C=O) groups is 1. The summed E-state index contributed by atoms with van der Waals surface area (Å²) in [7, 11) is 0. The van der Waals surface area contributed by atoms with E-state index in [0.29, 0.717) is 22.6 Å². The average Bonchev–Trinajstić information content (AvgIpc) is 2.84. The van der Waals surface area contributed by atoms with Gasteiger partial charge in [0.1, 0.15) is 0 Å². The molecule has 0 aliphatic heterocycles. The zero-order chi connectivity index (χ0) is 23.0. The Morgan fingerprint density at radius 3 is 2.52 bits per heavy atom. The van der Waals surface area contributed by atoms with E-state index in [0.717, 1.165) is 28.3 Å². The Labute approximate surface area is 201 Å². The van der Waals surface area contributed by atoms with Crippen LogP contribution in [0.5, 0.6) is 0 Å². The molecule has 0 aliphatic rings. The van der Waals surface area contributed by atoms with E-state index in [4.69, 9.17) is 0 Å². The van der Waals surface area contributed by atoms with Crippen molar-refractivity contribution in [2.75, 3.05) is 11.1 Å². The van der Waals surface area contributed by atoms with E-state index in [-0.39, 0.29) is 17.2 Å². The van der Waals surface area contributed by atoms with Crippen LogP contribution in [0.3, 0.4) is 0 Å². The van der Waals surface area contributed by atoms with Gasteiger partial charge < -0.3 is 5.32 Å². The zero-order valence-electron chi connectivity index (χ0n) is 18.4. The number of thioether (sulfide) groups is 1. The normalized spacial score (nSPS) is 10.9. The lowest BCUT2D eigenvalue weighted by Crippen LogP contribution is -2.24. The van der Waals surface area contributed by atoms with Crippen LogP contribution < -0.4 is 10.9 Å². The quantitative estimate of drug-likeness (QED) is 0.235. The van der Waals surface area contributed by atoms with E-state index in [1.165, 1.54) is 11.8 Å². The summed E-state index contributed by atoms with van der Waals surface area (Å²) < 4.78 is 1.70. The number of anilines is 1. The van der Waals surface area contributed by atoms with Gasteiger partial charge >= 0.3 is 0 Å². The van der Waals surface area contributed by atoms with Crippen molar-refractivity contribution >= 4 is 46.0 Å². The third-order valence-corrected chi connectivity index (χ3v) is 7.09. The molecule has 1 heterocycles. The van der Waals surface area contributed by atoms with Gasteiger partial charge in [-0.15, -0.1) is 0 Å². The SMILES string of the molecule is CCCCn1c(SCC(=O)Nc2ccccc2Sc2ccccc2)nc2ccccc2c1=O. The van der Waals surface area contributed by atoms with Crippen LogP contribution in [0.4, 0.5) is 5.69 Å². The molecule has 0 unspecified atom stereocenters. The van der Waals surface area contributed by atoms with Crippen molar-refractivity contribution < 1.29 is 4.79 Å². The van der Waals surface area contributed by atoms with Gasteiger partial charge in [0.2, 0.25) is 5.91 Å². The average molecular weight is 476 g/mol. The minimum absolute atomic E-state index is 0.0541. The van der Waals surface area contributed by atoms with Crippen LogP contribution in [0.2, 0.25) is 0 Å². The maximum atomic E-state index is 13.0. The number of hydrogen-bond donors (Lipinski definition) is 1. The van der Waals surface area contributed by atoms with Crippen LogP contribution in [0, 0.1) is 0 Å². The van der Waals surface area contributed by atoms with Gasteiger partial charge in [-0.2, -0.15) is 0 Å². The van der Waals surface area contributed by atoms with E-state index in [2.05, 4.69) is 17.2 Å². The van der Waals surface area contributed by atoms with Crippen LogP contribution in [0.1, 0.15) is 19.8 Å². The zero-order valence-corrected chi connectivity index (χ0v) is 20.0. The van der Waals surface area contributed by atoms with E-state index in [1.807, 2.05) is 72.8 Å². The van der Waals surface area contributed by atoms with E-state index in [9.17, 15) is 9.59 Å². The van der Waals surface area contributed by atoms with Gasteiger partial charge in [0, 0.05) is 16.3 Å². The first kappa shape index (κ1) is 23.1. The van der Waals surface area contributed by atoms with Gasteiger partial charge in [-0.3, -0.25) is 14.2 Å². The predicted octanol–water partition coefficient (Wildman–Crippen LogP) is 6.08. The number of fused-ring (bicyclic) bond motifs is 1. The second-order valence-corrected chi connectivity index (χ2v) is 9.53. The highest BCUT2D eigenvalue weighted by Gasteiger charge is 2.14. The molecule has 5 nitrogen and oxygen atoms in total. The summed E-state index contributed by atoms with van der Waals surface area (Å²) >= 11 is 2.90. The van der Waals surface area contributed by atoms with Crippen LogP contribution >= 0.6 is 23.5 Å². The van der Waals surface area contributed by atoms with Gasteiger partial charge in [-0.25, -0.2) is 4.98 Å². The Balaban J connectivity index is 1.50. The number of nitrogens with one attached hydrogen (secondary N) is 1. The molecule has 0 aliphatic carbocycles. The first-order chi connectivity index (χ1) is 16.2. The van der Waals surface area contributed by atoms with Gasteiger partial charge in [0.25, 0.3) is 5.56 Å². The molecule has 0 spiro atoms. The van der Waals surface area contributed by atoms with Crippen LogP contribution in [0.25, 0.3) is 10.9 Å². The molecule has 0 saturated heterocycles. The number of benzene rings is 3. The number of aromatic nitrogens is 2. The van der Waals surface area contributed by atoms with Crippen LogP contribution in [0.15, 0.2) is 98.6 Å². The Bertz CT molecular complexity index is 1310. The molecule has 1 aromatic heterocycles. The fraction of sp³-hybridized carbons (Fsp3) is 0.192. The monoisotopic (exact) mass is 475 g/mol. The van der Waals surface area contributed by atoms with E-state index in [1.54, 1.807) is 22.4 Å². The first-order valence-corrected chi connectivity index (χ1v) is 12.7. The summed E-state index contributed by atoms with van der Waals surface area (Å²) in [5.74, 6) is 0.0342. The summed E-state index contributed by atoms with van der Waals surface area (Å²) in [5, 5.41) is 4.20. The maximum absolute atomic E-state index is 13.0. The Hall–Kier alpha value is -3.03. The third-order valence-electron chi connectivity index (χ3n) is 5.03. The molecule has 4 aromatic rings. The number of amides is 1. The molecule has 0 radical (unpaired) electrons. The number of unbranched alkanes of at least 4 members (excludes halogenated alkanes) is 1. The molecular formula is C26H25N3O2S2. The molecule has 1 amide bonds. The molecule has 4 rings (SSSR count). The topological polar surface area (TPSA) is 64.0 Å². The lowest BCUT2D eigenvalue weighted by atomic mass is 10.2. The number of nitrogens with zero attached hydrogens (tertiary/aromatic N) is 2. The number of carbonyl (C=O) groups excluding carboxylic acids is 1. The third kappa shape index (κ3) is 5.86. The summed E-state index contributed by atoms with van der Waals surface area (Å²) in [6.07, 6.45) is 1.85. The molecule has 0 saturated carbocycles. The van der Waals surface area contributed by atoms with Crippen molar-refractivity contribution in [1.29, 1.82) is 0 Å². The van der Waals surface area contributed by atoms with Gasteiger partial charge in [0.15, 0.2) is 5.16 Å². The van der Waals surface area contributed by atoms with Crippen molar-refractivity contribution in [3.05, 3.63) is 89.2 Å². The highest BCUT2D eigenvalue weighted by Crippen LogP contribution is 2.33. The fourth-order valence-corrected chi connectivity index (χ4v) is 5.11. The van der Waals surface area contributed by atoms with Crippen molar-refractivity contribution in [2.24, 2.45) is 0 Å². The number of rotatable bonds is 9. The Morgan fingerprint density at radius 1 is 0.970 bits per heavy atom. The lowest BCUT2D eigenvalue weighted by Gasteiger charge is -2.13. The molecule has 3 aromatic carbocycles. The Morgan fingerprint density at radius 2 is 1.70 bits per heavy atom. The van der Waals surface area contributed by atoms with Crippen molar-refractivity contribution in [2.45, 2.75) is 41.3 Å². The summed E-state index contributed by atoms with van der Waals surface area (Å²) in [4.78, 5) is 32.6. The molecule has 0 bridgehead atoms. The largest absolute Gasteiger partial charge is 0.324 e. The lowest BCUT2D eigenvalue weighted by molar-refractivity contribution is -0.113. The van der Waals surface area contributed by atoms with Crippen molar-refractivity contribution in [1.82, 2.24) is 9.55 Å². The summed E-state index contributed by atoms with van der Waals surface area (Å²) in [6.45, 7) is 2.68. The summed E-state index contributed by atoms with van der Waals surface area (Å²) in [5.41, 5.74) is 1.37. The minimum Gasteiger partial charge on any atom is -0.324 e. The maximum Gasteiger partial charge on any atom is 0.262 e. The van der Waals surface area contributed by atoms with Crippen LogP contribution in [-0.4, -0.2) is 21.2 Å². The fourth-order valence-electron chi connectivity index (χ4n) is 3.36. The highest BCUT2D eigenvalue weighted by atomic mass is 32.2. The molecule has 1 N–H and O–H groups in total. The summed E-state index contributed by atoms with van der Waals surface area (Å²) in [6, 6.07) is 25.2. The van der Waals surface area contributed by atoms with Gasteiger partial charge in [-0.1, -0.05) is 79.3 Å². The molecule has 7 heteroatoms. The number of para-hydroxylation sites is 2. The standard InChI is InChI=1S/C26H25N3O2S2/c1-2-3-17-29-25(31)20-13-7-8-14-21(20)28-26(29)32-18-24(30)27-22-15-9-10-16-23(22)33-19-11-5-4-6-12-19/h4-16H,2-3,17-18H2,1H3,(H,27,30). The van der Waals surface area contributed by atoms with Gasteiger partial charge in [-0.05, 0) is 42.8 Å². The number of hydrogen-bond acceptors (Lipinski definition) is 5. The highest BCUT2D eigenvalue weighted by molar-refractivity contribution is 8.00. The molecule has 0 atom stereocenters. The van der Waals surface area contributed by atoms with Crippen LogP contribution in [-0.2, 0) is 11.3 Å². The molecule has 33 heavy (non-hydrogen) atoms. The smallest absolute Gasteiger partial charge is 0.262 e. The second kappa shape index (κ2) is 11.2. The van der Waals surface area contributed by atoms with E-state index < -0.39 is 0 Å². The first-order valence-electron chi connectivity index (χ1n) is 10.9. The van der Waals surface area contributed by atoms with E-state index >= 15 is 0 Å². The molecule has 168 valence electrons. The minimum atomic E-state index is -0.134. The Kier molecular flexibility index (Phi) is 7.86. The second-order valence-electron chi connectivity index (χ2n) is 7.47. The van der Waals surface area contributed by atoms with Gasteiger partial charge in [0.05, 0.1) is 22.3 Å². The van der Waals surface area contributed by atoms with Crippen molar-refractivity contribution in [3.63, 3.8) is 0 Å². The van der Waals surface area contributed by atoms with Crippen molar-refractivity contribution in [3.8, 4) is 0 Å². The molecular weight excluding hydrogens is 450 g/mol. The predicted molar refractivity (Wildman–Crippen MR) is 137 cm³/mol.